The van der Waals surface area contributed by atoms with Crippen LogP contribution in [-0.2, 0) is 13.0 Å². The van der Waals surface area contributed by atoms with Crippen LogP contribution in [0, 0.1) is 19.8 Å². The molecule has 0 saturated heterocycles. The molecule has 0 aliphatic rings. The average molecular weight is 317 g/mol. The largest absolute Gasteiger partial charge is 0.302 e. The monoisotopic (exact) mass is 316 g/mol. The predicted octanol–water partition coefficient (Wildman–Crippen LogP) is 4.66. The van der Waals surface area contributed by atoms with E-state index in [1.54, 1.807) is 0 Å². The van der Waals surface area contributed by atoms with Crippen molar-refractivity contribution in [3.63, 3.8) is 0 Å². The van der Waals surface area contributed by atoms with E-state index >= 15 is 0 Å². The number of halogens is 1. The van der Waals surface area contributed by atoms with Gasteiger partial charge < -0.3 is 4.90 Å². The molecule has 1 aromatic carbocycles. The minimum Gasteiger partial charge on any atom is -0.302 e. The molecule has 2 aromatic rings. The summed E-state index contributed by atoms with van der Waals surface area (Å²) in [6, 6.07) is 8.42. The Bertz CT molecular complexity index is 610. The highest BCUT2D eigenvalue weighted by Gasteiger charge is 2.11. The van der Waals surface area contributed by atoms with Gasteiger partial charge in [-0.15, -0.1) is 0 Å². The second-order valence-electron chi connectivity index (χ2n) is 6.40. The van der Waals surface area contributed by atoms with Crippen molar-refractivity contribution in [2.45, 2.75) is 33.7 Å². The highest BCUT2D eigenvalue weighted by atomic mass is 35.5. The molecule has 3 heteroatoms. The second kappa shape index (κ2) is 7.75. The highest BCUT2D eigenvalue weighted by Crippen LogP contribution is 2.23. The number of pyridine rings is 1. The quantitative estimate of drug-likeness (QED) is 0.770. The van der Waals surface area contributed by atoms with Crippen LogP contribution in [0.4, 0.5) is 0 Å². The Morgan fingerprint density at radius 2 is 1.95 bits per heavy atom. The van der Waals surface area contributed by atoms with Crippen LogP contribution in [0.5, 0.6) is 0 Å². The third kappa shape index (κ3) is 4.82. The van der Waals surface area contributed by atoms with Gasteiger partial charge in [0.05, 0.1) is 0 Å². The van der Waals surface area contributed by atoms with Crippen molar-refractivity contribution in [2.24, 2.45) is 5.92 Å². The van der Waals surface area contributed by atoms with E-state index in [-0.39, 0.29) is 0 Å². The van der Waals surface area contributed by atoms with Crippen molar-refractivity contribution in [3.05, 3.63) is 63.9 Å². The van der Waals surface area contributed by atoms with E-state index in [1.165, 1.54) is 22.3 Å². The van der Waals surface area contributed by atoms with E-state index in [1.807, 2.05) is 18.5 Å². The number of rotatable bonds is 6. The van der Waals surface area contributed by atoms with E-state index in [2.05, 4.69) is 55.9 Å². The summed E-state index contributed by atoms with van der Waals surface area (Å²) in [6.07, 6.45) is 4.76. The van der Waals surface area contributed by atoms with Crippen LogP contribution in [0.15, 0.2) is 36.7 Å². The normalized spacial score (nSPS) is 12.6. The van der Waals surface area contributed by atoms with E-state index in [9.17, 15) is 0 Å². The molecule has 22 heavy (non-hydrogen) atoms. The zero-order chi connectivity index (χ0) is 16.1. The zero-order valence-electron chi connectivity index (χ0n) is 13.9. The molecule has 1 aromatic heterocycles. The number of hydrogen-bond donors (Lipinski definition) is 0. The molecule has 0 spiro atoms. The molecule has 1 unspecified atom stereocenters. The van der Waals surface area contributed by atoms with Crippen molar-refractivity contribution in [1.82, 2.24) is 9.88 Å². The summed E-state index contributed by atoms with van der Waals surface area (Å²) >= 11 is 6.39. The van der Waals surface area contributed by atoms with Gasteiger partial charge in [-0.25, -0.2) is 0 Å². The van der Waals surface area contributed by atoms with E-state index in [4.69, 9.17) is 11.6 Å². The molecule has 0 aliphatic carbocycles. The van der Waals surface area contributed by atoms with Gasteiger partial charge in [0, 0.05) is 30.5 Å². The van der Waals surface area contributed by atoms with Crippen LogP contribution in [0.25, 0.3) is 0 Å². The van der Waals surface area contributed by atoms with Crippen LogP contribution >= 0.6 is 11.6 Å². The molecule has 0 radical (unpaired) electrons. The number of aromatic nitrogens is 1. The summed E-state index contributed by atoms with van der Waals surface area (Å²) in [5, 5.41) is 0.893. The number of nitrogens with zero attached hydrogens (tertiary/aromatic N) is 2. The van der Waals surface area contributed by atoms with Gasteiger partial charge >= 0.3 is 0 Å². The van der Waals surface area contributed by atoms with Crippen molar-refractivity contribution in [2.75, 3.05) is 13.6 Å². The lowest BCUT2D eigenvalue weighted by Gasteiger charge is -2.22. The number of benzene rings is 1. The Hall–Kier alpha value is -1.38. The molecule has 0 saturated carbocycles. The van der Waals surface area contributed by atoms with E-state index in [0.717, 1.165) is 24.5 Å². The van der Waals surface area contributed by atoms with Gasteiger partial charge in [0.1, 0.15) is 0 Å². The summed E-state index contributed by atoms with van der Waals surface area (Å²) in [5.74, 6) is 0.557. The first-order chi connectivity index (χ1) is 10.5. The Labute approximate surface area is 139 Å². The Morgan fingerprint density at radius 3 is 2.64 bits per heavy atom. The molecule has 2 rings (SSSR count). The molecule has 118 valence electrons. The van der Waals surface area contributed by atoms with Crippen LogP contribution in [0.2, 0.25) is 5.02 Å². The van der Waals surface area contributed by atoms with Gasteiger partial charge in [0.25, 0.3) is 0 Å². The van der Waals surface area contributed by atoms with Gasteiger partial charge in [0.15, 0.2) is 0 Å². The van der Waals surface area contributed by atoms with E-state index < -0.39 is 0 Å². The fraction of sp³-hybridized carbons (Fsp3) is 0.421. The number of aryl methyl sites for hydroxylation is 2. The molecule has 0 amide bonds. The topological polar surface area (TPSA) is 16.1 Å². The maximum atomic E-state index is 6.39. The van der Waals surface area contributed by atoms with Crippen LogP contribution in [0.3, 0.4) is 0 Å². The molecular weight excluding hydrogens is 292 g/mol. The maximum absolute atomic E-state index is 6.39. The Balaban J connectivity index is 1.92. The molecule has 0 N–H and O–H groups in total. The lowest BCUT2D eigenvalue weighted by Crippen LogP contribution is -2.25. The summed E-state index contributed by atoms with van der Waals surface area (Å²) in [4.78, 5) is 6.51. The zero-order valence-corrected chi connectivity index (χ0v) is 14.7. The fourth-order valence-corrected chi connectivity index (χ4v) is 3.13. The van der Waals surface area contributed by atoms with Crippen molar-refractivity contribution < 1.29 is 0 Å². The molecule has 2 nitrogen and oxygen atoms in total. The maximum Gasteiger partial charge on any atom is 0.0440 e. The predicted molar refractivity (Wildman–Crippen MR) is 94.4 cm³/mol. The standard InChI is InChI=1S/C19H25ClN2/c1-14(8-18-9-15(2)16(3)10-19(18)20)12-22(4)13-17-6-5-7-21-11-17/h5-7,9-11,14H,8,12-13H2,1-4H3. The van der Waals surface area contributed by atoms with Gasteiger partial charge in [-0.2, -0.15) is 0 Å². The van der Waals surface area contributed by atoms with Gasteiger partial charge in [-0.05, 0) is 67.6 Å². The van der Waals surface area contributed by atoms with Crippen LogP contribution in [-0.4, -0.2) is 23.5 Å². The van der Waals surface area contributed by atoms with Gasteiger partial charge in [0.2, 0.25) is 0 Å². The fourth-order valence-electron chi connectivity index (χ4n) is 2.84. The van der Waals surface area contributed by atoms with Gasteiger partial charge in [-0.3, -0.25) is 4.98 Å². The highest BCUT2D eigenvalue weighted by molar-refractivity contribution is 6.31. The minimum absolute atomic E-state index is 0.557. The summed E-state index contributed by atoms with van der Waals surface area (Å²) in [5.41, 5.74) is 5.08. The number of hydrogen-bond acceptors (Lipinski definition) is 2. The smallest absolute Gasteiger partial charge is 0.0440 e. The molecule has 0 bridgehead atoms. The molecule has 1 heterocycles. The first-order valence-corrected chi connectivity index (χ1v) is 8.16. The summed E-state index contributed by atoms with van der Waals surface area (Å²) in [6.45, 7) is 8.51. The van der Waals surface area contributed by atoms with Crippen molar-refractivity contribution in [1.29, 1.82) is 0 Å². The van der Waals surface area contributed by atoms with Crippen molar-refractivity contribution in [3.8, 4) is 0 Å². The lowest BCUT2D eigenvalue weighted by molar-refractivity contribution is 0.277. The molecule has 1 atom stereocenters. The molecular formula is C19H25ClN2. The molecule has 0 fully saturated rings. The first kappa shape index (κ1) is 17.0. The Kier molecular flexibility index (Phi) is 5.98. The van der Waals surface area contributed by atoms with Crippen LogP contribution < -0.4 is 0 Å². The first-order valence-electron chi connectivity index (χ1n) is 7.78. The molecule has 0 aliphatic heterocycles. The Morgan fingerprint density at radius 1 is 1.23 bits per heavy atom. The third-order valence-electron chi connectivity index (χ3n) is 4.03. The lowest BCUT2D eigenvalue weighted by atomic mass is 9.97. The summed E-state index contributed by atoms with van der Waals surface area (Å²) in [7, 11) is 2.16. The van der Waals surface area contributed by atoms with Crippen molar-refractivity contribution >= 4 is 11.6 Å². The second-order valence-corrected chi connectivity index (χ2v) is 6.80. The van der Waals surface area contributed by atoms with Crippen LogP contribution in [0.1, 0.15) is 29.2 Å². The average Bonchev–Trinajstić information content (AvgIpc) is 2.45. The van der Waals surface area contributed by atoms with Gasteiger partial charge in [-0.1, -0.05) is 30.7 Å². The minimum atomic E-state index is 0.557. The third-order valence-corrected chi connectivity index (χ3v) is 4.38. The SMILES string of the molecule is Cc1cc(Cl)c(CC(C)CN(C)Cc2cccnc2)cc1C. The summed E-state index contributed by atoms with van der Waals surface area (Å²) < 4.78 is 0. The van der Waals surface area contributed by atoms with E-state index in [0.29, 0.717) is 5.92 Å².